The molecule has 0 aromatic heterocycles. The van der Waals surface area contributed by atoms with Gasteiger partial charge in [0.25, 0.3) is 0 Å². The Morgan fingerprint density at radius 1 is 1.33 bits per heavy atom. The van der Waals surface area contributed by atoms with Gasteiger partial charge >= 0.3 is 0 Å². The highest BCUT2D eigenvalue weighted by Gasteiger charge is 2.37. The summed E-state index contributed by atoms with van der Waals surface area (Å²) >= 11 is 0. The zero-order valence-corrected chi connectivity index (χ0v) is 15.1. The molecule has 132 valence electrons. The van der Waals surface area contributed by atoms with Crippen molar-refractivity contribution < 1.29 is 14.3 Å². The molecule has 0 saturated carbocycles. The van der Waals surface area contributed by atoms with E-state index in [0.717, 1.165) is 17.7 Å². The smallest absolute Gasteiger partial charge is 0.227 e. The minimum absolute atomic E-state index is 0.0893. The number of methoxy groups -OCH3 is 2. The number of fused-ring (bicyclic) bond motifs is 1. The number of hydrogen-bond donors (Lipinski definition) is 0. The Hall–Kier alpha value is -1.95. The molecule has 6 heteroatoms. The van der Waals surface area contributed by atoms with Crippen LogP contribution in [0.2, 0.25) is 0 Å². The van der Waals surface area contributed by atoms with E-state index in [1.165, 1.54) is 0 Å². The Labute approximate surface area is 143 Å². The fourth-order valence-corrected chi connectivity index (χ4v) is 3.23. The fraction of sp³-hybridized carbons (Fsp3) is 0.611. The van der Waals surface area contributed by atoms with E-state index in [4.69, 9.17) is 9.47 Å². The number of carbonyl (C=O) groups is 1. The largest absolute Gasteiger partial charge is 0.496 e. The van der Waals surface area contributed by atoms with Crippen molar-refractivity contribution in [2.45, 2.75) is 45.1 Å². The highest BCUT2D eigenvalue weighted by Crippen LogP contribution is 2.45. The molecule has 0 radical (unpaired) electrons. The maximum atomic E-state index is 12.6. The summed E-state index contributed by atoms with van der Waals surface area (Å²) in [5.74, 6) is 0.728. The summed E-state index contributed by atoms with van der Waals surface area (Å²) < 4.78 is 10.6. The number of carbonyl (C=O) groups excluding carboxylic acids is 1. The molecule has 0 spiro atoms. The van der Waals surface area contributed by atoms with E-state index in [9.17, 15) is 9.70 Å². The van der Waals surface area contributed by atoms with E-state index in [1.54, 1.807) is 26.0 Å². The first kappa shape index (κ1) is 18.4. The molecule has 1 amide bonds. The first-order valence-corrected chi connectivity index (χ1v) is 8.20. The van der Waals surface area contributed by atoms with E-state index in [1.807, 2.05) is 12.1 Å². The van der Waals surface area contributed by atoms with Crippen LogP contribution in [0.4, 0.5) is 5.69 Å². The average Bonchev–Trinajstić information content (AvgIpc) is 2.55. The van der Waals surface area contributed by atoms with Gasteiger partial charge in [-0.25, -0.2) is 0 Å². The molecule has 0 fully saturated rings. The van der Waals surface area contributed by atoms with Crippen LogP contribution in [0.1, 0.15) is 50.8 Å². The van der Waals surface area contributed by atoms with Gasteiger partial charge in [0.1, 0.15) is 11.8 Å². The number of ether oxygens (including phenoxy) is 2. The Balaban J connectivity index is 2.55. The number of nitrogens with zero attached hydrogens (tertiary/aromatic N) is 2. The first-order valence-electron chi connectivity index (χ1n) is 8.20. The lowest BCUT2D eigenvalue weighted by Gasteiger charge is -2.39. The van der Waals surface area contributed by atoms with Crippen molar-refractivity contribution in [3.63, 3.8) is 0 Å². The summed E-state index contributed by atoms with van der Waals surface area (Å²) in [7, 11) is 3.23. The van der Waals surface area contributed by atoms with Gasteiger partial charge in [-0.2, -0.15) is 4.91 Å². The fourth-order valence-electron chi connectivity index (χ4n) is 3.23. The number of anilines is 1. The molecule has 1 aromatic carbocycles. The normalized spacial score (nSPS) is 17.4. The number of amides is 1. The van der Waals surface area contributed by atoms with Crippen molar-refractivity contribution >= 4 is 11.6 Å². The van der Waals surface area contributed by atoms with E-state index in [2.05, 4.69) is 19.0 Å². The molecule has 1 aliphatic heterocycles. The molecule has 0 aliphatic carbocycles. The molecule has 1 aromatic rings. The third-order valence-electron chi connectivity index (χ3n) is 4.60. The quantitative estimate of drug-likeness (QED) is 0.564. The van der Waals surface area contributed by atoms with Crippen LogP contribution in [0.5, 0.6) is 5.75 Å². The minimum atomic E-state index is -0.536. The third kappa shape index (κ3) is 3.43. The number of benzene rings is 1. The molecule has 2 rings (SSSR count). The van der Waals surface area contributed by atoms with Gasteiger partial charge in [-0.15, -0.1) is 0 Å². The Morgan fingerprint density at radius 2 is 2.04 bits per heavy atom. The van der Waals surface area contributed by atoms with Crippen molar-refractivity contribution in [1.82, 2.24) is 0 Å². The summed E-state index contributed by atoms with van der Waals surface area (Å²) in [6.45, 7) is 7.01. The summed E-state index contributed by atoms with van der Waals surface area (Å²) in [6, 6.07) is 3.29. The van der Waals surface area contributed by atoms with E-state index >= 15 is 0 Å². The molecule has 1 aliphatic rings. The van der Waals surface area contributed by atoms with Crippen molar-refractivity contribution in [2.75, 3.05) is 32.3 Å². The summed E-state index contributed by atoms with van der Waals surface area (Å²) in [5.41, 5.74) is 2.32. The monoisotopic (exact) mass is 334 g/mol. The molecular formula is C18H26N2O4. The SMILES string of the molecule is COCCCN1C(=O)CC(C)(C)c2cc(OC)c(C(C)N=O)cc21. The maximum absolute atomic E-state index is 12.6. The van der Waals surface area contributed by atoms with Gasteiger partial charge in [0.05, 0.1) is 7.11 Å². The van der Waals surface area contributed by atoms with Gasteiger partial charge in [-0.05, 0) is 31.0 Å². The van der Waals surface area contributed by atoms with Crippen molar-refractivity contribution in [1.29, 1.82) is 0 Å². The molecule has 6 nitrogen and oxygen atoms in total. The maximum Gasteiger partial charge on any atom is 0.227 e. The van der Waals surface area contributed by atoms with Crippen molar-refractivity contribution in [3.8, 4) is 5.75 Å². The van der Waals surface area contributed by atoms with Crippen LogP contribution in [0.25, 0.3) is 0 Å². The first-order chi connectivity index (χ1) is 11.4. The lowest BCUT2D eigenvalue weighted by molar-refractivity contribution is -0.120. The van der Waals surface area contributed by atoms with Gasteiger partial charge < -0.3 is 14.4 Å². The molecule has 1 atom stereocenters. The number of nitroso groups, excluding NO2 is 1. The predicted octanol–water partition coefficient (Wildman–Crippen LogP) is 3.57. The second-order valence-corrected chi connectivity index (χ2v) is 6.85. The lowest BCUT2D eigenvalue weighted by Crippen LogP contribution is -2.42. The Kier molecular flexibility index (Phi) is 5.59. The topological polar surface area (TPSA) is 68.2 Å². The highest BCUT2D eigenvalue weighted by molar-refractivity contribution is 5.98. The van der Waals surface area contributed by atoms with Crippen LogP contribution in [0.3, 0.4) is 0 Å². The molecule has 0 saturated heterocycles. The Morgan fingerprint density at radius 3 is 2.62 bits per heavy atom. The average molecular weight is 334 g/mol. The van der Waals surface area contributed by atoms with Crippen LogP contribution in [-0.2, 0) is 14.9 Å². The van der Waals surface area contributed by atoms with Gasteiger partial charge in [-0.1, -0.05) is 19.0 Å². The summed E-state index contributed by atoms with van der Waals surface area (Å²) in [4.78, 5) is 25.5. The van der Waals surface area contributed by atoms with Crippen molar-refractivity contribution in [2.24, 2.45) is 5.18 Å². The summed E-state index contributed by atoms with van der Waals surface area (Å²) in [6.07, 6.45) is 1.20. The van der Waals surface area contributed by atoms with E-state index in [0.29, 0.717) is 30.9 Å². The second-order valence-electron chi connectivity index (χ2n) is 6.85. The number of rotatable bonds is 7. The Bertz CT molecular complexity index is 628. The van der Waals surface area contributed by atoms with E-state index < -0.39 is 6.04 Å². The van der Waals surface area contributed by atoms with Crippen LogP contribution in [0, 0.1) is 4.91 Å². The molecular weight excluding hydrogens is 308 g/mol. The number of hydrogen-bond acceptors (Lipinski definition) is 5. The standard InChI is InChI=1S/C18H26N2O4/c1-12(19-22)13-9-15-14(10-16(13)24-5)18(2,3)11-17(21)20(15)7-6-8-23-4/h9-10,12H,6-8,11H2,1-5H3. The predicted molar refractivity (Wildman–Crippen MR) is 93.7 cm³/mol. The molecule has 1 unspecified atom stereocenters. The molecule has 1 heterocycles. The van der Waals surface area contributed by atoms with Gasteiger partial charge in [0.2, 0.25) is 5.91 Å². The molecule has 0 bridgehead atoms. The molecule has 24 heavy (non-hydrogen) atoms. The molecule has 0 N–H and O–H groups in total. The van der Waals surface area contributed by atoms with Gasteiger partial charge in [0.15, 0.2) is 0 Å². The zero-order chi connectivity index (χ0) is 17.9. The minimum Gasteiger partial charge on any atom is -0.496 e. The summed E-state index contributed by atoms with van der Waals surface area (Å²) in [5, 5.41) is 3.12. The highest BCUT2D eigenvalue weighted by atomic mass is 16.5. The third-order valence-corrected chi connectivity index (χ3v) is 4.60. The van der Waals surface area contributed by atoms with Crippen LogP contribution >= 0.6 is 0 Å². The second kappa shape index (κ2) is 7.30. The van der Waals surface area contributed by atoms with Crippen LogP contribution in [0.15, 0.2) is 17.3 Å². The lowest BCUT2D eigenvalue weighted by atomic mass is 9.76. The zero-order valence-electron chi connectivity index (χ0n) is 15.1. The van der Waals surface area contributed by atoms with Crippen LogP contribution in [-0.4, -0.2) is 33.3 Å². The van der Waals surface area contributed by atoms with Crippen molar-refractivity contribution in [3.05, 3.63) is 28.2 Å². The van der Waals surface area contributed by atoms with Gasteiger partial charge in [-0.3, -0.25) is 4.79 Å². The van der Waals surface area contributed by atoms with Crippen LogP contribution < -0.4 is 9.64 Å². The van der Waals surface area contributed by atoms with Gasteiger partial charge in [0, 0.05) is 43.3 Å². The van der Waals surface area contributed by atoms with E-state index in [-0.39, 0.29) is 11.3 Å².